The highest BCUT2D eigenvalue weighted by molar-refractivity contribution is 6.29. The molecule has 5 heteroatoms. The summed E-state index contributed by atoms with van der Waals surface area (Å²) in [6, 6.07) is 3.36. The quantitative estimate of drug-likeness (QED) is 0.807. The van der Waals surface area contributed by atoms with E-state index in [0.29, 0.717) is 17.4 Å². The fourth-order valence-corrected chi connectivity index (χ4v) is 1.73. The van der Waals surface area contributed by atoms with E-state index in [0.717, 1.165) is 19.3 Å². The van der Waals surface area contributed by atoms with Gasteiger partial charge in [-0.25, -0.2) is 4.98 Å². The second-order valence-corrected chi connectivity index (χ2v) is 4.10. The zero-order chi connectivity index (χ0) is 11.4. The number of nitrogens with one attached hydrogen (secondary N) is 1. The molecular weight excluding hydrogens is 228 g/mol. The van der Waals surface area contributed by atoms with Gasteiger partial charge in [-0.1, -0.05) is 11.6 Å². The Bertz CT molecular complexity index is 361. The lowest BCUT2D eigenvalue weighted by Gasteiger charge is -2.21. The molecular formula is C11H13ClN2O2. The summed E-state index contributed by atoms with van der Waals surface area (Å²) >= 11 is 5.65. The molecule has 4 nitrogen and oxygen atoms in total. The van der Waals surface area contributed by atoms with Crippen LogP contribution >= 0.6 is 11.6 Å². The second kappa shape index (κ2) is 5.27. The van der Waals surface area contributed by atoms with E-state index in [-0.39, 0.29) is 12.0 Å². The van der Waals surface area contributed by atoms with E-state index in [4.69, 9.17) is 16.3 Å². The summed E-state index contributed by atoms with van der Waals surface area (Å²) in [5, 5.41) is 3.16. The van der Waals surface area contributed by atoms with E-state index < -0.39 is 0 Å². The van der Waals surface area contributed by atoms with Crippen molar-refractivity contribution in [2.75, 3.05) is 11.9 Å². The second-order valence-electron chi connectivity index (χ2n) is 3.71. The number of hydrogen-bond donors (Lipinski definition) is 1. The number of pyridine rings is 1. The Morgan fingerprint density at radius 3 is 3.00 bits per heavy atom. The summed E-state index contributed by atoms with van der Waals surface area (Å²) in [5.74, 6) is -0.108. The van der Waals surface area contributed by atoms with Crippen molar-refractivity contribution in [3.8, 4) is 0 Å². The highest BCUT2D eigenvalue weighted by atomic mass is 35.5. The monoisotopic (exact) mass is 240 g/mol. The maximum Gasteiger partial charge on any atom is 0.253 e. The van der Waals surface area contributed by atoms with E-state index in [9.17, 15) is 4.79 Å². The van der Waals surface area contributed by atoms with Gasteiger partial charge in [0.2, 0.25) is 0 Å². The first kappa shape index (κ1) is 11.4. The summed E-state index contributed by atoms with van der Waals surface area (Å²) in [4.78, 5) is 15.6. The lowest BCUT2D eigenvalue weighted by atomic mass is 10.1. The van der Waals surface area contributed by atoms with Gasteiger partial charge >= 0.3 is 0 Å². The Kier molecular flexibility index (Phi) is 3.74. The number of carbonyl (C=O) groups is 1. The molecule has 0 saturated carbocycles. The standard InChI is InChI=1S/C11H13ClN2O2/c12-10-5-4-8(7-13-10)14-11(15)9-3-1-2-6-16-9/h4-5,7,9H,1-3,6H2,(H,14,15). The first-order valence-electron chi connectivity index (χ1n) is 5.30. The molecule has 0 aliphatic carbocycles. The third-order valence-electron chi connectivity index (χ3n) is 2.47. The lowest BCUT2D eigenvalue weighted by molar-refractivity contribution is -0.129. The number of halogens is 1. The molecule has 0 bridgehead atoms. The zero-order valence-corrected chi connectivity index (χ0v) is 9.54. The van der Waals surface area contributed by atoms with Crippen molar-refractivity contribution in [1.29, 1.82) is 0 Å². The first-order chi connectivity index (χ1) is 7.75. The van der Waals surface area contributed by atoms with E-state index >= 15 is 0 Å². The number of carbonyl (C=O) groups excluding carboxylic acids is 1. The summed E-state index contributed by atoms with van der Waals surface area (Å²) in [6.45, 7) is 0.664. The molecule has 1 atom stereocenters. The molecule has 1 aliphatic heterocycles. The molecule has 0 radical (unpaired) electrons. The molecule has 2 rings (SSSR count). The van der Waals surface area contributed by atoms with Gasteiger partial charge in [0, 0.05) is 6.61 Å². The van der Waals surface area contributed by atoms with Crippen molar-refractivity contribution in [2.45, 2.75) is 25.4 Å². The van der Waals surface area contributed by atoms with Gasteiger partial charge in [-0.2, -0.15) is 0 Å². The van der Waals surface area contributed by atoms with Gasteiger partial charge in [-0.3, -0.25) is 4.79 Å². The van der Waals surface area contributed by atoms with Crippen molar-refractivity contribution >= 4 is 23.2 Å². The van der Waals surface area contributed by atoms with Gasteiger partial charge in [-0.15, -0.1) is 0 Å². The SMILES string of the molecule is O=C(Nc1ccc(Cl)nc1)C1CCCCO1. The summed E-state index contributed by atoms with van der Waals surface area (Å²) < 4.78 is 5.38. The van der Waals surface area contributed by atoms with Crippen LogP contribution in [0.1, 0.15) is 19.3 Å². The summed E-state index contributed by atoms with van der Waals surface area (Å²) in [7, 11) is 0. The van der Waals surface area contributed by atoms with Crippen LogP contribution in [0.15, 0.2) is 18.3 Å². The minimum atomic E-state index is -0.329. The zero-order valence-electron chi connectivity index (χ0n) is 8.78. The Hall–Kier alpha value is -1.13. The number of nitrogens with zero attached hydrogens (tertiary/aromatic N) is 1. The molecule has 1 fully saturated rings. The molecule has 1 unspecified atom stereocenters. The first-order valence-corrected chi connectivity index (χ1v) is 5.67. The molecule has 86 valence electrons. The third-order valence-corrected chi connectivity index (χ3v) is 2.69. The van der Waals surface area contributed by atoms with E-state index in [1.165, 1.54) is 6.20 Å². The minimum Gasteiger partial charge on any atom is -0.368 e. The molecule has 1 aliphatic rings. The fraction of sp³-hybridized carbons (Fsp3) is 0.455. The normalized spacial score (nSPS) is 20.4. The van der Waals surface area contributed by atoms with Crippen molar-refractivity contribution in [3.05, 3.63) is 23.5 Å². The van der Waals surface area contributed by atoms with Crippen molar-refractivity contribution in [2.24, 2.45) is 0 Å². The van der Waals surface area contributed by atoms with Crippen molar-refractivity contribution < 1.29 is 9.53 Å². The van der Waals surface area contributed by atoms with Crippen LogP contribution in [0.2, 0.25) is 5.15 Å². The number of hydrogen-bond acceptors (Lipinski definition) is 3. The van der Waals surface area contributed by atoms with Crippen LogP contribution in [0.5, 0.6) is 0 Å². The van der Waals surface area contributed by atoms with Crippen LogP contribution in [0, 0.1) is 0 Å². The van der Waals surface area contributed by atoms with Gasteiger partial charge < -0.3 is 10.1 Å². The van der Waals surface area contributed by atoms with Crippen molar-refractivity contribution in [3.63, 3.8) is 0 Å². The highest BCUT2D eigenvalue weighted by Gasteiger charge is 2.21. The Morgan fingerprint density at radius 1 is 1.50 bits per heavy atom. The smallest absolute Gasteiger partial charge is 0.253 e. The summed E-state index contributed by atoms with van der Waals surface area (Å²) in [6.07, 6.45) is 4.06. The molecule has 0 spiro atoms. The van der Waals surface area contributed by atoms with Gasteiger partial charge in [-0.05, 0) is 31.4 Å². The molecule has 1 N–H and O–H groups in total. The van der Waals surface area contributed by atoms with Gasteiger partial charge in [0.05, 0.1) is 11.9 Å². The van der Waals surface area contributed by atoms with Crippen LogP contribution < -0.4 is 5.32 Å². The van der Waals surface area contributed by atoms with Crippen molar-refractivity contribution in [1.82, 2.24) is 4.98 Å². The van der Waals surface area contributed by atoms with Crippen LogP contribution in [0.25, 0.3) is 0 Å². The molecule has 2 heterocycles. The maximum absolute atomic E-state index is 11.8. The predicted molar refractivity (Wildman–Crippen MR) is 61.5 cm³/mol. The third kappa shape index (κ3) is 2.93. The van der Waals surface area contributed by atoms with Crippen LogP contribution in [-0.4, -0.2) is 23.6 Å². The number of aromatic nitrogens is 1. The van der Waals surface area contributed by atoms with E-state index in [1.807, 2.05) is 0 Å². The van der Waals surface area contributed by atoms with E-state index in [2.05, 4.69) is 10.3 Å². The molecule has 0 aromatic carbocycles. The maximum atomic E-state index is 11.8. The Morgan fingerprint density at radius 2 is 2.38 bits per heavy atom. The number of rotatable bonds is 2. The van der Waals surface area contributed by atoms with Gasteiger partial charge in [0.25, 0.3) is 5.91 Å². The number of ether oxygens (including phenoxy) is 1. The molecule has 1 aromatic rings. The topological polar surface area (TPSA) is 51.2 Å². The van der Waals surface area contributed by atoms with Gasteiger partial charge in [0.15, 0.2) is 0 Å². The fourth-order valence-electron chi connectivity index (χ4n) is 1.62. The number of anilines is 1. The van der Waals surface area contributed by atoms with Crippen LogP contribution in [0.3, 0.4) is 0 Å². The molecule has 16 heavy (non-hydrogen) atoms. The Labute approximate surface area is 99.0 Å². The molecule has 1 aromatic heterocycles. The summed E-state index contributed by atoms with van der Waals surface area (Å²) in [5.41, 5.74) is 0.642. The number of amides is 1. The molecule has 1 amide bonds. The average Bonchev–Trinajstić information content (AvgIpc) is 2.33. The predicted octanol–water partition coefficient (Wildman–Crippen LogP) is 2.24. The highest BCUT2D eigenvalue weighted by Crippen LogP contribution is 2.15. The molecule has 1 saturated heterocycles. The van der Waals surface area contributed by atoms with E-state index in [1.54, 1.807) is 12.1 Å². The van der Waals surface area contributed by atoms with Crippen LogP contribution in [-0.2, 0) is 9.53 Å². The lowest BCUT2D eigenvalue weighted by Crippen LogP contribution is -2.33. The van der Waals surface area contributed by atoms with Gasteiger partial charge in [0.1, 0.15) is 11.3 Å². The Balaban J connectivity index is 1.93. The largest absolute Gasteiger partial charge is 0.368 e. The minimum absolute atomic E-state index is 0.108. The van der Waals surface area contributed by atoms with Crippen LogP contribution in [0.4, 0.5) is 5.69 Å². The average molecular weight is 241 g/mol.